The van der Waals surface area contributed by atoms with E-state index in [4.69, 9.17) is 32.9 Å². The van der Waals surface area contributed by atoms with E-state index in [1.54, 1.807) is 49.6 Å². The van der Waals surface area contributed by atoms with E-state index in [0.717, 1.165) is 5.56 Å². The van der Waals surface area contributed by atoms with Crippen LogP contribution in [0.5, 0.6) is 11.6 Å². The topological polar surface area (TPSA) is 81.6 Å². The van der Waals surface area contributed by atoms with E-state index in [9.17, 15) is 8.42 Å². The van der Waals surface area contributed by atoms with Crippen molar-refractivity contribution < 1.29 is 17.9 Å². The summed E-state index contributed by atoms with van der Waals surface area (Å²) in [6.45, 7) is 0.0993. The van der Waals surface area contributed by atoms with Crippen molar-refractivity contribution in [2.24, 2.45) is 0 Å². The molecule has 0 N–H and O–H groups in total. The predicted molar refractivity (Wildman–Crippen MR) is 106 cm³/mol. The van der Waals surface area contributed by atoms with Gasteiger partial charge in [0.2, 0.25) is 5.82 Å². The average molecular weight is 440 g/mol. The molecule has 10 heteroatoms. The van der Waals surface area contributed by atoms with Crippen molar-refractivity contribution in [3.05, 3.63) is 71.5 Å². The SMILES string of the molecule is COc1ccc(COc2nc(Cl)cnc2N(Cl)S(=O)(=O)c2ccccc2)cc1. The number of halogens is 2. The Morgan fingerprint density at radius 2 is 1.75 bits per heavy atom. The Balaban J connectivity index is 1.87. The molecular weight excluding hydrogens is 425 g/mol. The molecule has 2 aromatic carbocycles. The Labute approximate surface area is 172 Å². The fourth-order valence-electron chi connectivity index (χ4n) is 2.24. The number of aromatic nitrogens is 2. The number of ether oxygens (including phenoxy) is 2. The van der Waals surface area contributed by atoms with Crippen LogP contribution in [-0.4, -0.2) is 25.5 Å². The van der Waals surface area contributed by atoms with Gasteiger partial charge < -0.3 is 9.47 Å². The largest absolute Gasteiger partial charge is 0.497 e. The van der Waals surface area contributed by atoms with Gasteiger partial charge in [0.25, 0.3) is 15.9 Å². The lowest BCUT2D eigenvalue weighted by atomic mass is 10.2. The van der Waals surface area contributed by atoms with E-state index in [1.807, 2.05) is 0 Å². The number of nitrogens with zero attached hydrogens (tertiary/aromatic N) is 3. The van der Waals surface area contributed by atoms with Gasteiger partial charge in [-0.15, -0.1) is 0 Å². The highest BCUT2D eigenvalue weighted by Gasteiger charge is 2.28. The summed E-state index contributed by atoms with van der Waals surface area (Å²) in [6, 6.07) is 14.9. The van der Waals surface area contributed by atoms with Gasteiger partial charge in [-0.1, -0.05) is 41.9 Å². The highest BCUT2D eigenvalue weighted by molar-refractivity contribution is 7.94. The first-order valence-electron chi connectivity index (χ1n) is 7.96. The average Bonchev–Trinajstić information content (AvgIpc) is 2.73. The maximum absolute atomic E-state index is 12.7. The van der Waals surface area contributed by atoms with Crippen molar-refractivity contribution in [1.29, 1.82) is 0 Å². The van der Waals surface area contributed by atoms with Crippen LogP contribution in [0.15, 0.2) is 65.7 Å². The summed E-state index contributed by atoms with van der Waals surface area (Å²) in [5.74, 6) is 0.397. The predicted octanol–water partition coefficient (Wildman–Crippen LogP) is 4.07. The summed E-state index contributed by atoms with van der Waals surface area (Å²) in [5, 5.41) is 0.0376. The van der Waals surface area contributed by atoms with Gasteiger partial charge in [0, 0.05) is 11.8 Å². The van der Waals surface area contributed by atoms with E-state index < -0.39 is 10.0 Å². The molecule has 0 unspecified atom stereocenters. The minimum absolute atomic E-state index is 0.00264. The van der Waals surface area contributed by atoms with Gasteiger partial charge in [0.1, 0.15) is 12.4 Å². The molecule has 0 saturated heterocycles. The van der Waals surface area contributed by atoms with Crippen molar-refractivity contribution in [3.8, 4) is 11.6 Å². The van der Waals surface area contributed by atoms with Crippen LogP contribution < -0.4 is 13.3 Å². The molecular formula is C18H15Cl2N3O4S. The monoisotopic (exact) mass is 439 g/mol. The third-order valence-electron chi connectivity index (χ3n) is 3.65. The second-order valence-corrected chi connectivity index (χ2v) is 8.20. The van der Waals surface area contributed by atoms with Crippen molar-refractivity contribution in [2.75, 3.05) is 10.9 Å². The standard InChI is InChI=1S/C18H15Cl2N3O4S/c1-26-14-9-7-13(8-10-14)12-27-18-17(21-11-16(19)22-18)23(20)28(24,25)15-5-3-2-4-6-15/h2-11H,12H2,1H3. The molecule has 0 atom stereocenters. The van der Waals surface area contributed by atoms with E-state index in [2.05, 4.69) is 9.97 Å². The number of sulfonamides is 1. The molecule has 0 radical (unpaired) electrons. The van der Waals surface area contributed by atoms with Crippen LogP contribution in [0.2, 0.25) is 5.15 Å². The Morgan fingerprint density at radius 3 is 2.39 bits per heavy atom. The summed E-state index contributed by atoms with van der Waals surface area (Å²) in [5.41, 5.74) is 0.806. The Kier molecular flexibility index (Phi) is 6.23. The molecule has 3 aromatic rings. The third kappa shape index (κ3) is 4.46. The van der Waals surface area contributed by atoms with E-state index in [-0.39, 0.29) is 28.4 Å². The Hall–Kier alpha value is -2.55. The molecule has 1 aromatic heterocycles. The van der Waals surface area contributed by atoms with Gasteiger partial charge in [-0.2, -0.15) is 17.2 Å². The number of anilines is 1. The first-order valence-corrected chi connectivity index (χ1v) is 10.1. The lowest BCUT2D eigenvalue weighted by Crippen LogP contribution is -2.23. The summed E-state index contributed by atoms with van der Waals surface area (Å²) < 4.78 is 36.7. The summed E-state index contributed by atoms with van der Waals surface area (Å²) in [4.78, 5) is 8.00. The zero-order valence-electron chi connectivity index (χ0n) is 14.6. The van der Waals surface area contributed by atoms with Crippen LogP contribution in [0.25, 0.3) is 0 Å². The van der Waals surface area contributed by atoms with Crippen molar-refractivity contribution in [2.45, 2.75) is 11.5 Å². The van der Waals surface area contributed by atoms with E-state index in [0.29, 0.717) is 9.57 Å². The summed E-state index contributed by atoms with van der Waals surface area (Å²) >= 11 is 12.0. The number of benzene rings is 2. The highest BCUT2D eigenvalue weighted by atomic mass is 35.5. The molecule has 3 rings (SSSR count). The van der Waals surface area contributed by atoms with Crippen LogP contribution in [0.1, 0.15) is 5.56 Å². The summed E-state index contributed by atoms with van der Waals surface area (Å²) in [6.07, 6.45) is 1.19. The molecule has 1 heterocycles. The fourth-order valence-corrected chi connectivity index (χ4v) is 3.75. The van der Waals surface area contributed by atoms with Gasteiger partial charge in [-0.05, 0) is 29.8 Å². The zero-order valence-corrected chi connectivity index (χ0v) is 16.9. The maximum Gasteiger partial charge on any atom is 0.279 e. The zero-order chi connectivity index (χ0) is 20.1. The quantitative estimate of drug-likeness (QED) is 0.516. The second kappa shape index (κ2) is 8.64. The fraction of sp³-hybridized carbons (Fsp3) is 0.111. The molecule has 0 spiro atoms. The number of hydrogen-bond donors (Lipinski definition) is 0. The molecule has 0 aliphatic rings. The molecule has 146 valence electrons. The molecule has 0 amide bonds. The normalized spacial score (nSPS) is 11.1. The van der Waals surface area contributed by atoms with Crippen molar-refractivity contribution >= 4 is 39.2 Å². The third-order valence-corrected chi connectivity index (χ3v) is 6.00. The van der Waals surface area contributed by atoms with Crippen LogP contribution in [0.4, 0.5) is 5.82 Å². The minimum Gasteiger partial charge on any atom is -0.497 e. The Bertz CT molecular complexity index is 1050. The van der Waals surface area contributed by atoms with Crippen LogP contribution in [0.3, 0.4) is 0 Å². The van der Waals surface area contributed by atoms with Gasteiger partial charge >= 0.3 is 0 Å². The molecule has 28 heavy (non-hydrogen) atoms. The molecule has 0 aliphatic heterocycles. The number of methoxy groups -OCH3 is 1. The molecule has 0 bridgehead atoms. The highest BCUT2D eigenvalue weighted by Crippen LogP contribution is 2.32. The summed E-state index contributed by atoms with van der Waals surface area (Å²) in [7, 11) is -2.49. The lowest BCUT2D eigenvalue weighted by molar-refractivity contribution is 0.294. The van der Waals surface area contributed by atoms with Gasteiger partial charge in [-0.3, -0.25) is 0 Å². The maximum atomic E-state index is 12.7. The van der Waals surface area contributed by atoms with Crippen molar-refractivity contribution in [1.82, 2.24) is 9.97 Å². The van der Waals surface area contributed by atoms with Crippen LogP contribution in [-0.2, 0) is 16.6 Å². The number of rotatable bonds is 7. The smallest absolute Gasteiger partial charge is 0.279 e. The molecule has 7 nitrogen and oxygen atoms in total. The lowest BCUT2D eigenvalue weighted by Gasteiger charge is -2.17. The second-order valence-electron chi connectivity index (χ2n) is 5.49. The van der Waals surface area contributed by atoms with Gasteiger partial charge in [-0.25, -0.2) is 4.98 Å². The molecule has 0 saturated carbocycles. The van der Waals surface area contributed by atoms with Gasteiger partial charge in [0.15, 0.2) is 5.15 Å². The number of hydrogen-bond acceptors (Lipinski definition) is 6. The minimum atomic E-state index is -4.06. The first kappa shape index (κ1) is 20.2. The van der Waals surface area contributed by atoms with Gasteiger partial charge in [0.05, 0.1) is 18.2 Å². The van der Waals surface area contributed by atoms with Crippen LogP contribution in [0, 0.1) is 0 Å². The van der Waals surface area contributed by atoms with Crippen LogP contribution >= 0.6 is 23.4 Å². The van der Waals surface area contributed by atoms with E-state index in [1.165, 1.54) is 18.3 Å². The molecule has 0 aliphatic carbocycles. The molecule has 0 fully saturated rings. The Morgan fingerprint density at radius 1 is 1.07 bits per heavy atom. The van der Waals surface area contributed by atoms with E-state index >= 15 is 0 Å². The van der Waals surface area contributed by atoms with Crippen molar-refractivity contribution in [3.63, 3.8) is 0 Å². The first-order chi connectivity index (χ1) is 13.4.